The first kappa shape index (κ1) is 129. The Morgan fingerprint density at radius 2 is 0.545 bits per heavy atom. The number of aliphatic hydroxyl groups is 1. The molecule has 23 nitrogen and oxygen atoms in total. The van der Waals surface area contributed by atoms with E-state index in [0.717, 1.165) is 69.2 Å². The minimum absolute atomic E-state index is 0.0174. The van der Waals surface area contributed by atoms with Gasteiger partial charge in [-0.3, -0.25) is 30.5 Å². The molecule has 0 heterocycles. The Bertz CT molecular complexity index is 4350. The van der Waals surface area contributed by atoms with Gasteiger partial charge in [-0.05, 0) is 258 Å². The van der Waals surface area contributed by atoms with Crippen LogP contribution in [0.4, 0.5) is 92.2 Å². The van der Waals surface area contributed by atoms with Gasteiger partial charge in [0, 0.05) is 17.8 Å². The Morgan fingerprint density at radius 1 is 0.324 bits per heavy atom. The van der Waals surface area contributed by atoms with Crippen molar-refractivity contribution in [1.29, 1.82) is 5.41 Å². The molecule has 0 aliphatic heterocycles. The van der Waals surface area contributed by atoms with Crippen LogP contribution in [0.5, 0.6) is 0 Å². The second-order valence-electron chi connectivity index (χ2n) is 33.0. The smallest absolute Gasteiger partial charge is 0.416 e. The Hall–Kier alpha value is -4.55. The van der Waals surface area contributed by atoms with Crippen molar-refractivity contribution in [1.82, 2.24) is 0 Å². The Kier molecular flexibility index (Phi) is 58.1. The number of nitrogens with one attached hydrogen (secondary N) is 1. The first-order chi connectivity index (χ1) is 68.5. The van der Waals surface area contributed by atoms with E-state index in [-0.39, 0.29) is 103 Å². The van der Waals surface area contributed by atoms with Gasteiger partial charge in [0.05, 0.1) is 143 Å². The molecule has 0 saturated heterocycles. The van der Waals surface area contributed by atoms with E-state index in [1.54, 1.807) is 36.4 Å². The lowest BCUT2D eigenvalue weighted by Gasteiger charge is -2.43. The van der Waals surface area contributed by atoms with Crippen LogP contribution in [-0.2, 0) is 132 Å². The summed E-state index contributed by atoms with van der Waals surface area (Å²) in [4.78, 5) is 29.7. The molecule has 0 aromatic heterocycles. The highest BCUT2D eigenvalue weighted by Gasteiger charge is 2.48. The molecule has 0 radical (unpaired) electrons. The standard InChI is InChI=1S/2C30H37F7O7S2.C20H31FO7S2.C12H8Cl3F6NO/c2*1-4-12-38-43-45-40-17-21-8-11-27(42-19(3)22-14-23(29(32,33)34)16-24(15-22)30(35,36)37)28(20-6-9-25(31)10-7-20)26(21)18-41-46-44-39-13-5-2;1-3-11-23-27-29-25-13-16-7-10-19(22)20(15-5-8-17(21)9-6-15)18(16)14-26-30-28-24-12-4-2;1-5(23-9(22)10(13,14)15)6-2-7(11(16,17)18)4-8(3-6)12(19,20)21/h2*6-7,9-10,14-16,19,21,26-28H,4-5,8,11-13,17-18H2,1-3H3;5-6,8-9,16,18-20,22H,3-4,7,10-14H2,1-2H3;2-5,22H,1H3/t19-,21+,26+,27-,28-;19-,21-,26-,27+,28+;16-,18-,19+,20+;5-/m0110/s1. The van der Waals surface area contributed by atoms with E-state index in [1.807, 2.05) is 41.5 Å². The molecule has 3 aliphatic carbocycles. The van der Waals surface area contributed by atoms with E-state index in [0.29, 0.717) is 195 Å². The van der Waals surface area contributed by atoms with Crippen LogP contribution in [0.15, 0.2) is 127 Å². The molecule has 53 heteroatoms. The van der Waals surface area contributed by atoms with E-state index in [9.17, 15) is 97.3 Å². The summed E-state index contributed by atoms with van der Waals surface area (Å²) in [5.74, 6) is -4.60. The maximum Gasteiger partial charge on any atom is 0.416 e. The van der Waals surface area contributed by atoms with Gasteiger partial charge < -0.3 is 19.3 Å². The molecule has 0 amide bonds. The number of benzene rings is 6. The fourth-order valence-electron chi connectivity index (χ4n) is 15.4. The first-order valence-electron chi connectivity index (χ1n) is 45.4. The molecule has 15 atom stereocenters. The average molecular weight is 2280 g/mol. The van der Waals surface area contributed by atoms with Gasteiger partial charge in [0.1, 0.15) is 23.6 Å². The zero-order valence-corrected chi connectivity index (χ0v) is 86.5. The third kappa shape index (κ3) is 46.3. The van der Waals surface area contributed by atoms with Crippen molar-refractivity contribution in [3.8, 4) is 0 Å². The summed E-state index contributed by atoms with van der Waals surface area (Å²) in [6.45, 7) is 19.1. The number of rotatable bonds is 53. The van der Waals surface area contributed by atoms with Crippen molar-refractivity contribution in [3.05, 3.63) is 212 Å². The third-order valence-electron chi connectivity index (χ3n) is 22.3. The molecule has 2 N–H and O–H groups in total. The van der Waals surface area contributed by atoms with Crippen LogP contribution in [0.1, 0.15) is 242 Å². The number of hydrogen-bond acceptors (Lipinski definition) is 29. The summed E-state index contributed by atoms with van der Waals surface area (Å²) in [6.07, 6.45) is -28.0. The molecule has 0 spiro atoms. The minimum atomic E-state index is -5.00. The number of aliphatic hydroxyl groups excluding tert-OH is 1. The molecular weight excluding hydrogens is 2170 g/mol. The Balaban J connectivity index is 0.000000306. The highest BCUT2D eigenvalue weighted by atomic mass is 35.6. The minimum Gasteiger partial charge on any atom is -0.470 e. The lowest BCUT2D eigenvalue weighted by Crippen LogP contribution is -2.41. The van der Waals surface area contributed by atoms with Gasteiger partial charge in [-0.15, -0.1) is 26.0 Å². The lowest BCUT2D eigenvalue weighted by molar-refractivity contribution is -0.197. The average Bonchev–Trinajstić information content (AvgIpc) is 0.779. The second kappa shape index (κ2) is 65.2. The number of hydrogen-bond donors (Lipinski definition) is 2. The molecule has 6 aromatic rings. The van der Waals surface area contributed by atoms with Crippen LogP contribution < -0.4 is 0 Å². The highest BCUT2D eigenvalue weighted by Crippen LogP contribution is 2.52. The number of ether oxygens (including phenoxy) is 3. The van der Waals surface area contributed by atoms with Crippen LogP contribution in [0, 0.1) is 58.4 Å². The maximum absolute atomic E-state index is 13.9. The highest BCUT2D eigenvalue weighted by molar-refractivity contribution is 7.90. The fourth-order valence-corrected chi connectivity index (χ4v) is 17.7. The predicted molar refractivity (Wildman–Crippen MR) is 501 cm³/mol. The number of halogens is 24. The normalized spacial score (nSPS) is 20.9. The van der Waals surface area contributed by atoms with Gasteiger partial charge in [-0.2, -0.15) is 79.0 Å². The molecule has 6 aromatic carbocycles. The van der Waals surface area contributed by atoms with Gasteiger partial charge in [0.25, 0.3) is 3.79 Å². The summed E-state index contributed by atoms with van der Waals surface area (Å²) in [5.41, 5.74) is -7.61. The molecule has 3 aliphatic rings. The van der Waals surface area contributed by atoms with Crippen LogP contribution >= 0.6 is 109 Å². The molecular formula is C92H113Cl3F21NO22S6. The lowest BCUT2D eigenvalue weighted by atomic mass is 9.68. The molecule has 3 fully saturated rings. The summed E-state index contributed by atoms with van der Waals surface area (Å²) in [6, 6.07) is 21.3. The Labute approximate surface area is 867 Å². The fraction of sp³-hybridized carbons (Fsp3) is 0.598. The second-order valence-corrected chi connectivity index (χ2v) is 38.3. The quantitative estimate of drug-likeness (QED) is 0.00527. The van der Waals surface area contributed by atoms with Crippen molar-refractivity contribution in [2.75, 3.05) is 79.3 Å². The predicted octanol–water partition coefficient (Wildman–Crippen LogP) is 31.3. The summed E-state index contributed by atoms with van der Waals surface area (Å²) >= 11 is 20.2. The van der Waals surface area contributed by atoms with Crippen molar-refractivity contribution >= 4 is 115 Å². The van der Waals surface area contributed by atoms with Crippen LogP contribution in [0.2, 0.25) is 0 Å². The molecule has 3 saturated carbocycles. The molecule has 0 bridgehead atoms. The molecule has 0 unspecified atom stereocenters. The summed E-state index contributed by atoms with van der Waals surface area (Å²) in [5, 5.41) is 18.0. The first-order valence-corrected chi connectivity index (χ1v) is 50.5. The maximum atomic E-state index is 13.9. The van der Waals surface area contributed by atoms with E-state index >= 15 is 0 Å². The third-order valence-corrected chi connectivity index (χ3v) is 25.1. The largest absolute Gasteiger partial charge is 0.470 e. The zero-order chi connectivity index (χ0) is 107. The van der Waals surface area contributed by atoms with Gasteiger partial charge >= 0.3 is 37.1 Å². The van der Waals surface area contributed by atoms with E-state index < -0.39 is 146 Å². The Morgan fingerprint density at radius 3 is 0.779 bits per heavy atom. The van der Waals surface area contributed by atoms with E-state index in [1.165, 1.54) is 50.2 Å². The topological polar surface area (TPSA) is 238 Å². The van der Waals surface area contributed by atoms with Gasteiger partial charge in [0.15, 0.2) is 73.9 Å². The van der Waals surface area contributed by atoms with Crippen LogP contribution in [-0.4, -0.2) is 112 Å². The van der Waals surface area contributed by atoms with Crippen molar-refractivity contribution in [2.45, 2.75) is 235 Å². The zero-order valence-electron chi connectivity index (χ0n) is 79.3. The summed E-state index contributed by atoms with van der Waals surface area (Å²) < 4.78 is 359. The van der Waals surface area contributed by atoms with Gasteiger partial charge in [0.2, 0.25) is 5.90 Å². The van der Waals surface area contributed by atoms with Crippen molar-refractivity contribution in [3.63, 3.8) is 0 Å². The van der Waals surface area contributed by atoms with E-state index in [2.05, 4.69) is 0 Å². The van der Waals surface area contributed by atoms with Crippen molar-refractivity contribution < 1.29 is 192 Å². The van der Waals surface area contributed by atoms with E-state index in [4.69, 9.17) is 135 Å². The number of alkyl halides is 21. The van der Waals surface area contributed by atoms with Gasteiger partial charge in [-0.25, -0.2) is 42.5 Å². The SMILES string of the molecule is CCCOOSOC[C@H]1CC[C@H](O)[C@@H](c2ccc(F)cc2)[C@@H]1COSOOCCC.CCCOOSOC[C@H]1CC[C@H](O[C@@H](C)c2cc(C(F)(F)F)cc(C(F)(F)F)c2)[C@@H](c2ccc(F)cc2)[C@@H]1COSOOCCC.CCCOOSOC[C@H]1CC[C@H](O[C@H](C)c2cc(C(F)(F)F)cc(C(F)(F)F)c2)[C@@H](c2ccc(F)cc2)[C@@H]1COSOOCCC.C[C@H](OC(=N)C(Cl)(Cl)Cl)c1cc(C(F)(F)F)cc(C(F)(F)F)c1. The molecule has 145 heavy (non-hydrogen) atoms. The van der Waals surface area contributed by atoms with Crippen LogP contribution in [0.3, 0.4) is 0 Å². The van der Waals surface area contributed by atoms with Crippen molar-refractivity contribution in [2.24, 2.45) is 35.5 Å². The van der Waals surface area contributed by atoms with Gasteiger partial charge in [-0.1, -0.05) is 113 Å². The molecule has 9 rings (SSSR count). The summed E-state index contributed by atoms with van der Waals surface area (Å²) in [7, 11) is 0. The molecule has 822 valence electrons. The monoisotopic (exact) mass is 2280 g/mol. The van der Waals surface area contributed by atoms with Crippen LogP contribution in [0.25, 0.3) is 0 Å².